The van der Waals surface area contributed by atoms with Crippen molar-refractivity contribution in [3.8, 4) is 6.07 Å². The molecule has 0 aliphatic heterocycles. The van der Waals surface area contributed by atoms with Gasteiger partial charge in [-0.1, -0.05) is 13.8 Å². The third kappa shape index (κ3) is 4.45. The SMILES string of the molecule is CC(C)/C(N=CN)=N\c1ncc(C(=O)NCC#N)cn1. The minimum Gasteiger partial charge on any atom is -0.390 e. The Morgan fingerprint density at radius 3 is 2.70 bits per heavy atom. The van der Waals surface area contributed by atoms with Gasteiger partial charge in [0.25, 0.3) is 11.9 Å². The molecule has 0 atom stereocenters. The van der Waals surface area contributed by atoms with Gasteiger partial charge in [-0.2, -0.15) is 10.3 Å². The number of hydrogen-bond acceptors (Lipinski definition) is 5. The zero-order chi connectivity index (χ0) is 15.0. The molecule has 1 aromatic heterocycles. The van der Waals surface area contributed by atoms with E-state index in [1.807, 2.05) is 19.9 Å². The van der Waals surface area contributed by atoms with Crippen LogP contribution in [0.2, 0.25) is 0 Å². The fourth-order valence-electron chi connectivity index (χ4n) is 1.20. The van der Waals surface area contributed by atoms with Crippen molar-refractivity contribution in [1.82, 2.24) is 15.3 Å². The summed E-state index contributed by atoms with van der Waals surface area (Å²) in [7, 11) is 0. The molecule has 1 rings (SSSR count). The zero-order valence-corrected chi connectivity index (χ0v) is 11.2. The van der Waals surface area contributed by atoms with Gasteiger partial charge in [-0.15, -0.1) is 0 Å². The van der Waals surface area contributed by atoms with E-state index < -0.39 is 5.91 Å². The number of nitriles is 1. The monoisotopic (exact) mass is 273 g/mol. The number of hydrogen-bond donors (Lipinski definition) is 2. The molecule has 20 heavy (non-hydrogen) atoms. The molecule has 0 unspecified atom stereocenters. The lowest BCUT2D eigenvalue weighted by Crippen LogP contribution is -2.23. The minimum atomic E-state index is -0.411. The average molecular weight is 273 g/mol. The molecular formula is C12H15N7O. The minimum absolute atomic E-state index is 0.0667. The molecule has 0 spiro atoms. The van der Waals surface area contributed by atoms with Gasteiger partial charge >= 0.3 is 0 Å². The number of nitrogens with two attached hydrogens (primary N) is 1. The number of nitrogens with zero attached hydrogens (tertiary/aromatic N) is 5. The number of carbonyl (C=O) groups is 1. The molecular weight excluding hydrogens is 258 g/mol. The summed E-state index contributed by atoms with van der Waals surface area (Å²) >= 11 is 0. The smallest absolute Gasteiger partial charge is 0.255 e. The Morgan fingerprint density at radius 2 is 2.20 bits per heavy atom. The highest BCUT2D eigenvalue weighted by Crippen LogP contribution is 2.08. The molecule has 0 aromatic carbocycles. The predicted octanol–water partition coefficient (Wildman–Crippen LogP) is 0.403. The third-order valence-electron chi connectivity index (χ3n) is 2.17. The second-order valence-corrected chi connectivity index (χ2v) is 4.02. The van der Waals surface area contributed by atoms with E-state index in [1.165, 1.54) is 12.4 Å². The Morgan fingerprint density at radius 1 is 1.55 bits per heavy atom. The quantitative estimate of drug-likeness (QED) is 0.466. The van der Waals surface area contributed by atoms with Gasteiger partial charge in [0, 0.05) is 18.3 Å². The van der Waals surface area contributed by atoms with Crippen LogP contribution >= 0.6 is 0 Å². The number of carbonyl (C=O) groups excluding carboxylic acids is 1. The largest absolute Gasteiger partial charge is 0.390 e. The molecule has 3 N–H and O–H groups in total. The number of rotatable bonds is 4. The zero-order valence-electron chi connectivity index (χ0n) is 11.2. The number of aliphatic imine (C=N–C) groups is 2. The normalized spacial score (nSPS) is 11.6. The first kappa shape index (κ1) is 15.2. The molecule has 0 aliphatic rings. The van der Waals surface area contributed by atoms with E-state index in [1.54, 1.807) is 0 Å². The van der Waals surface area contributed by atoms with Crippen molar-refractivity contribution in [3.05, 3.63) is 18.0 Å². The van der Waals surface area contributed by atoms with Gasteiger partial charge < -0.3 is 11.1 Å². The van der Waals surface area contributed by atoms with Crippen molar-refractivity contribution in [2.24, 2.45) is 21.6 Å². The molecule has 0 saturated carbocycles. The van der Waals surface area contributed by atoms with Crippen LogP contribution < -0.4 is 11.1 Å². The van der Waals surface area contributed by atoms with Crippen molar-refractivity contribution in [2.75, 3.05) is 6.54 Å². The number of amidine groups is 1. The lowest BCUT2D eigenvalue weighted by atomic mass is 10.2. The fourth-order valence-corrected chi connectivity index (χ4v) is 1.20. The maximum absolute atomic E-state index is 11.5. The molecule has 0 aliphatic carbocycles. The van der Waals surface area contributed by atoms with Crippen LogP contribution in [0.15, 0.2) is 22.4 Å². The summed E-state index contributed by atoms with van der Waals surface area (Å²) in [6.45, 7) is 3.76. The molecule has 0 bridgehead atoms. The van der Waals surface area contributed by atoms with Gasteiger partial charge in [-0.25, -0.2) is 15.0 Å². The molecule has 0 saturated heterocycles. The highest BCUT2D eigenvalue weighted by atomic mass is 16.1. The average Bonchev–Trinajstić information content (AvgIpc) is 2.45. The number of amides is 1. The molecule has 1 amide bonds. The van der Waals surface area contributed by atoms with E-state index >= 15 is 0 Å². The van der Waals surface area contributed by atoms with Crippen LogP contribution in [0.25, 0.3) is 0 Å². The molecule has 8 nitrogen and oxygen atoms in total. The van der Waals surface area contributed by atoms with E-state index in [9.17, 15) is 4.79 Å². The second-order valence-electron chi connectivity index (χ2n) is 4.02. The van der Waals surface area contributed by atoms with Crippen LogP contribution in [0.5, 0.6) is 0 Å². The van der Waals surface area contributed by atoms with E-state index in [0.717, 1.165) is 6.34 Å². The van der Waals surface area contributed by atoms with Gasteiger partial charge in [-0.05, 0) is 0 Å². The van der Waals surface area contributed by atoms with Crippen molar-refractivity contribution < 1.29 is 4.79 Å². The first-order chi connectivity index (χ1) is 9.58. The molecule has 0 fully saturated rings. The van der Waals surface area contributed by atoms with Crippen LogP contribution in [0, 0.1) is 17.2 Å². The Labute approximate surface area is 116 Å². The van der Waals surface area contributed by atoms with Crippen LogP contribution in [0.4, 0.5) is 5.95 Å². The first-order valence-electron chi connectivity index (χ1n) is 5.88. The summed E-state index contributed by atoms with van der Waals surface area (Å²) in [5, 5.41) is 10.8. The number of aromatic nitrogens is 2. The van der Waals surface area contributed by atoms with E-state index in [4.69, 9.17) is 11.0 Å². The van der Waals surface area contributed by atoms with Crippen LogP contribution in [0.1, 0.15) is 24.2 Å². The second kappa shape index (κ2) is 7.58. The van der Waals surface area contributed by atoms with Gasteiger partial charge in [0.1, 0.15) is 12.4 Å². The van der Waals surface area contributed by atoms with Gasteiger partial charge in [-0.3, -0.25) is 4.79 Å². The van der Waals surface area contributed by atoms with E-state index in [2.05, 4.69) is 25.3 Å². The van der Waals surface area contributed by atoms with Crippen LogP contribution in [0.3, 0.4) is 0 Å². The van der Waals surface area contributed by atoms with Crippen LogP contribution in [-0.4, -0.2) is 34.6 Å². The number of nitrogens with one attached hydrogen (secondary N) is 1. The topological polar surface area (TPSA) is 129 Å². The summed E-state index contributed by atoms with van der Waals surface area (Å²) in [4.78, 5) is 27.5. The Balaban J connectivity index is 2.88. The van der Waals surface area contributed by atoms with Crippen LogP contribution in [-0.2, 0) is 0 Å². The lowest BCUT2D eigenvalue weighted by molar-refractivity contribution is 0.0958. The molecule has 1 heterocycles. The third-order valence-corrected chi connectivity index (χ3v) is 2.17. The van der Waals surface area contributed by atoms with Gasteiger partial charge in [0.2, 0.25) is 0 Å². The molecule has 1 aromatic rings. The van der Waals surface area contributed by atoms with Crippen molar-refractivity contribution in [3.63, 3.8) is 0 Å². The predicted molar refractivity (Wildman–Crippen MR) is 74.6 cm³/mol. The summed E-state index contributed by atoms with van der Waals surface area (Å²) in [6.07, 6.45) is 3.83. The van der Waals surface area contributed by atoms with Crippen molar-refractivity contribution >= 4 is 24.0 Å². The highest BCUT2D eigenvalue weighted by molar-refractivity contribution is 5.94. The van der Waals surface area contributed by atoms with E-state index in [-0.39, 0.29) is 24.0 Å². The Bertz CT molecular complexity index is 554. The van der Waals surface area contributed by atoms with Crippen molar-refractivity contribution in [1.29, 1.82) is 5.26 Å². The standard InChI is InChI=1S/C12H15N7O/c1-8(2)10(18-7-14)19-12-16-5-9(6-17-12)11(20)15-4-3-13/h5-8H,4H2,1-2H3,(H,15,20)(H2,14,16,17,18,19). The highest BCUT2D eigenvalue weighted by Gasteiger charge is 2.08. The van der Waals surface area contributed by atoms with Gasteiger partial charge in [0.15, 0.2) is 0 Å². The molecule has 8 heteroatoms. The first-order valence-corrected chi connectivity index (χ1v) is 5.88. The van der Waals surface area contributed by atoms with Crippen molar-refractivity contribution in [2.45, 2.75) is 13.8 Å². The molecule has 0 radical (unpaired) electrons. The van der Waals surface area contributed by atoms with E-state index in [0.29, 0.717) is 5.84 Å². The Hall–Kier alpha value is -2.82. The fraction of sp³-hybridized carbons (Fsp3) is 0.333. The summed E-state index contributed by atoms with van der Waals surface area (Å²) in [5.74, 6) is 0.341. The Kier molecular flexibility index (Phi) is 5.77. The summed E-state index contributed by atoms with van der Waals surface area (Å²) in [6, 6.07) is 1.81. The molecule has 104 valence electrons. The summed E-state index contributed by atoms with van der Waals surface area (Å²) in [5.41, 5.74) is 5.50. The lowest BCUT2D eigenvalue weighted by Gasteiger charge is -2.04. The maximum atomic E-state index is 11.5. The maximum Gasteiger partial charge on any atom is 0.255 e. The summed E-state index contributed by atoms with van der Waals surface area (Å²) < 4.78 is 0. The van der Waals surface area contributed by atoms with Gasteiger partial charge in [0.05, 0.1) is 18.0 Å².